The summed E-state index contributed by atoms with van der Waals surface area (Å²) in [5, 5.41) is 4.71. The van der Waals surface area contributed by atoms with Gasteiger partial charge in [0.15, 0.2) is 0 Å². The summed E-state index contributed by atoms with van der Waals surface area (Å²) in [6.07, 6.45) is 0. The van der Waals surface area contributed by atoms with E-state index in [4.69, 9.17) is 4.42 Å². The number of benzene rings is 12. The summed E-state index contributed by atoms with van der Waals surface area (Å²) < 4.78 is 6.39. The van der Waals surface area contributed by atoms with Gasteiger partial charge in [-0.05, 0) is 133 Å². The van der Waals surface area contributed by atoms with Crippen LogP contribution in [0.15, 0.2) is 283 Å². The largest absolute Gasteiger partial charge is 0.456 e. The van der Waals surface area contributed by atoms with Gasteiger partial charge in [-0.3, -0.25) is 0 Å². The molecule has 13 aromatic rings. The monoisotopic (exact) mass is 942 g/mol. The van der Waals surface area contributed by atoms with Crippen molar-refractivity contribution in [3.8, 4) is 44.5 Å². The van der Waals surface area contributed by atoms with E-state index in [1.807, 2.05) is 12.1 Å². The lowest BCUT2D eigenvalue weighted by atomic mass is 9.64. The van der Waals surface area contributed by atoms with Crippen LogP contribution in [-0.4, -0.2) is 0 Å². The van der Waals surface area contributed by atoms with E-state index in [2.05, 4.69) is 277 Å². The molecule has 0 amide bonds. The third-order valence-corrected chi connectivity index (χ3v) is 15.7. The normalized spacial score (nSPS) is 12.9. The first kappa shape index (κ1) is 42.0. The fourth-order valence-electron chi connectivity index (χ4n) is 12.6. The molecule has 74 heavy (non-hydrogen) atoms. The number of rotatable bonds is 7. The Kier molecular flexibility index (Phi) is 9.48. The van der Waals surface area contributed by atoms with Crippen molar-refractivity contribution in [3.63, 3.8) is 0 Å². The summed E-state index contributed by atoms with van der Waals surface area (Å²) in [4.78, 5) is 4.97. The third-order valence-electron chi connectivity index (χ3n) is 15.7. The third kappa shape index (κ3) is 6.20. The van der Waals surface area contributed by atoms with Crippen LogP contribution < -0.4 is 9.80 Å². The lowest BCUT2D eigenvalue weighted by Crippen LogP contribution is -2.36. The second-order valence-electron chi connectivity index (χ2n) is 19.5. The summed E-state index contributed by atoms with van der Waals surface area (Å²) >= 11 is 0. The molecule has 0 atom stereocenters. The lowest BCUT2D eigenvalue weighted by Gasteiger charge is -2.45. The summed E-state index contributed by atoms with van der Waals surface area (Å²) in [5.74, 6) is 0. The quantitative estimate of drug-likeness (QED) is 0.159. The molecule has 2 heterocycles. The number of hydrogen-bond acceptors (Lipinski definition) is 3. The van der Waals surface area contributed by atoms with Gasteiger partial charge >= 0.3 is 0 Å². The molecule has 0 fully saturated rings. The molecular weight excluding hydrogens is 897 g/mol. The highest BCUT2D eigenvalue weighted by molar-refractivity contribution is 6.07. The highest BCUT2D eigenvalue weighted by Crippen LogP contribution is 2.65. The maximum atomic E-state index is 6.39. The van der Waals surface area contributed by atoms with Crippen LogP contribution in [0.1, 0.15) is 22.3 Å². The molecule has 1 spiro atoms. The standard InChI is InChI=1S/C71H46N2O/c1-2-22-50(23-3-1)73-65-36-15-12-32-61(65)71(62-33-13-16-37-66(62)73)60-31-11-8-29-59(60)70-63(71)34-19-38-67(70)72(51-43-40-47(41-44-51)49-42-45-58-57-28-10-17-39-68(57)74-69(58)46-49)64-35-14-9-27-56(64)55-26-7-6-25-54(55)53-30-18-21-48-20-4-5-24-52(48)53/h1-46H. The van der Waals surface area contributed by atoms with Gasteiger partial charge < -0.3 is 14.2 Å². The van der Waals surface area contributed by atoms with Crippen LogP contribution in [0.5, 0.6) is 0 Å². The van der Waals surface area contributed by atoms with Crippen LogP contribution in [0.4, 0.5) is 34.1 Å². The number of nitrogens with zero attached hydrogens (tertiary/aromatic N) is 2. The molecule has 2 aliphatic rings. The maximum absolute atomic E-state index is 6.39. The highest BCUT2D eigenvalue weighted by atomic mass is 16.3. The Morgan fingerprint density at radius 3 is 1.64 bits per heavy atom. The topological polar surface area (TPSA) is 19.6 Å². The Balaban J connectivity index is 0.978. The molecule has 0 radical (unpaired) electrons. The Labute approximate surface area is 430 Å². The van der Waals surface area contributed by atoms with Crippen LogP contribution >= 0.6 is 0 Å². The van der Waals surface area contributed by atoms with Crippen molar-refractivity contribution in [1.82, 2.24) is 0 Å². The van der Waals surface area contributed by atoms with Gasteiger partial charge in [-0.15, -0.1) is 0 Å². The molecule has 346 valence electrons. The van der Waals surface area contributed by atoms with Gasteiger partial charge in [0.25, 0.3) is 0 Å². The Hall–Kier alpha value is -9.70. The minimum absolute atomic E-state index is 0.619. The minimum atomic E-state index is -0.619. The number of anilines is 6. The predicted octanol–water partition coefficient (Wildman–Crippen LogP) is 19.4. The fourth-order valence-corrected chi connectivity index (χ4v) is 12.6. The molecule has 0 saturated heterocycles. The molecule has 0 bridgehead atoms. The van der Waals surface area contributed by atoms with Crippen LogP contribution in [0.2, 0.25) is 0 Å². The van der Waals surface area contributed by atoms with E-state index in [9.17, 15) is 0 Å². The van der Waals surface area contributed by atoms with Gasteiger partial charge in [0, 0.05) is 33.3 Å². The summed E-state index contributed by atoms with van der Waals surface area (Å²) in [6.45, 7) is 0. The second kappa shape index (κ2) is 16.7. The fraction of sp³-hybridized carbons (Fsp3) is 0.0141. The van der Waals surface area contributed by atoms with Crippen molar-refractivity contribution in [2.45, 2.75) is 5.41 Å². The molecule has 3 heteroatoms. The number of para-hydroxylation sites is 5. The molecule has 3 nitrogen and oxygen atoms in total. The summed E-state index contributed by atoms with van der Waals surface area (Å²) in [7, 11) is 0. The van der Waals surface area contributed by atoms with Crippen molar-refractivity contribution in [2.24, 2.45) is 0 Å². The molecule has 12 aromatic carbocycles. The van der Waals surface area contributed by atoms with E-state index >= 15 is 0 Å². The number of fused-ring (bicyclic) bond motifs is 13. The Bertz CT molecular complexity index is 4290. The second-order valence-corrected chi connectivity index (χ2v) is 19.5. The van der Waals surface area contributed by atoms with Crippen LogP contribution in [0.3, 0.4) is 0 Å². The van der Waals surface area contributed by atoms with Gasteiger partial charge in [0.2, 0.25) is 0 Å². The highest BCUT2D eigenvalue weighted by Gasteiger charge is 2.52. The molecule has 0 N–H and O–H groups in total. The molecular formula is C71H46N2O. The first-order chi connectivity index (χ1) is 36.7. The maximum Gasteiger partial charge on any atom is 0.136 e. The summed E-state index contributed by atoms with van der Waals surface area (Å²) in [5.41, 5.74) is 22.3. The average molecular weight is 943 g/mol. The van der Waals surface area contributed by atoms with E-state index < -0.39 is 5.41 Å². The van der Waals surface area contributed by atoms with E-state index in [0.717, 1.165) is 61.4 Å². The van der Waals surface area contributed by atoms with Crippen molar-refractivity contribution in [2.75, 3.05) is 9.80 Å². The van der Waals surface area contributed by atoms with Gasteiger partial charge in [-0.25, -0.2) is 0 Å². The Morgan fingerprint density at radius 1 is 0.324 bits per heavy atom. The van der Waals surface area contributed by atoms with Crippen LogP contribution in [-0.2, 0) is 5.41 Å². The molecule has 0 unspecified atom stereocenters. The number of furan rings is 1. The zero-order chi connectivity index (χ0) is 48.7. The van der Waals surface area contributed by atoms with Crippen LogP contribution in [0, 0.1) is 0 Å². The lowest BCUT2D eigenvalue weighted by molar-refractivity contribution is 0.669. The summed E-state index contributed by atoms with van der Waals surface area (Å²) in [6, 6.07) is 102. The Morgan fingerprint density at radius 2 is 0.851 bits per heavy atom. The van der Waals surface area contributed by atoms with Gasteiger partial charge in [0.1, 0.15) is 11.2 Å². The molecule has 1 aliphatic heterocycles. The molecule has 1 aromatic heterocycles. The molecule has 0 saturated carbocycles. The number of hydrogen-bond donors (Lipinski definition) is 0. The first-order valence-corrected chi connectivity index (χ1v) is 25.5. The van der Waals surface area contributed by atoms with Crippen molar-refractivity contribution in [1.29, 1.82) is 0 Å². The van der Waals surface area contributed by atoms with Gasteiger partial charge in [0.05, 0.1) is 28.2 Å². The zero-order valence-electron chi connectivity index (χ0n) is 40.4. The van der Waals surface area contributed by atoms with Crippen molar-refractivity contribution in [3.05, 3.63) is 301 Å². The zero-order valence-corrected chi connectivity index (χ0v) is 40.4. The van der Waals surface area contributed by atoms with E-state index in [1.165, 1.54) is 72.2 Å². The van der Waals surface area contributed by atoms with Crippen molar-refractivity contribution >= 4 is 66.8 Å². The van der Waals surface area contributed by atoms with Crippen LogP contribution in [0.25, 0.3) is 77.2 Å². The average Bonchev–Trinajstić information content (AvgIpc) is 4.10. The smallest absolute Gasteiger partial charge is 0.136 e. The van der Waals surface area contributed by atoms with Crippen molar-refractivity contribution < 1.29 is 4.42 Å². The minimum Gasteiger partial charge on any atom is -0.456 e. The van der Waals surface area contributed by atoms with Gasteiger partial charge in [-0.1, -0.05) is 212 Å². The predicted molar refractivity (Wildman–Crippen MR) is 308 cm³/mol. The first-order valence-electron chi connectivity index (χ1n) is 25.5. The van der Waals surface area contributed by atoms with Gasteiger partial charge in [-0.2, -0.15) is 0 Å². The molecule has 1 aliphatic carbocycles. The molecule has 15 rings (SSSR count). The SMILES string of the molecule is c1ccc(N2c3ccccc3C3(c4ccccc4-c4c(N(c5ccc(-c6ccc7c(c6)oc6ccccc67)cc5)c5ccccc5-c5ccccc5-c5cccc6ccccc56)cccc43)c3ccccc32)cc1. The van der Waals surface area contributed by atoms with E-state index in [1.54, 1.807) is 0 Å². The van der Waals surface area contributed by atoms with E-state index in [0.29, 0.717) is 0 Å². The van der Waals surface area contributed by atoms with E-state index in [-0.39, 0.29) is 0 Å².